The third-order valence-corrected chi connectivity index (χ3v) is 3.71. The molecule has 0 saturated carbocycles. The second-order valence-electron chi connectivity index (χ2n) is 5.67. The van der Waals surface area contributed by atoms with Crippen molar-refractivity contribution in [3.8, 4) is 0 Å². The van der Waals surface area contributed by atoms with Gasteiger partial charge in [-0.15, -0.1) is 0 Å². The fourth-order valence-electron chi connectivity index (χ4n) is 2.88. The topological polar surface area (TPSA) is 32.7 Å². The van der Waals surface area contributed by atoms with Crippen molar-refractivity contribution < 1.29 is 9.84 Å². The minimum Gasteiger partial charge on any atom is -0.396 e. The van der Waals surface area contributed by atoms with Crippen molar-refractivity contribution in [1.82, 2.24) is 4.90 Å². The quantitative estimate of drug-likeness (QED) is 0.744. The lowest BCUT2D eigenvalue weighted by Gasteiger charge is -2.38. The Morgan fingerprint density at radius 3 is 2.76 bits per heavy atom. The first kappa shape index (κ1) is 14.9. The maximum Gasteiger partial charge on any atom is 0.0702 e. The number of hydrogen-bond acceptors (Lipinski definition) is 3. The number of aliphatic hydroxyl groups is 1. The van der Waals surface area contributed by atoms with E-state index < -0.39 is 0 Å². The molecule has 1 rings (SSSR count). The van der Waals surface area contributed by atoms with Crippen molar-refractivity contribution in [2.24, 2.45) is 5.41 Å². The van der Waals surface area contributed by atoms with E-state index in [0.717, 1.165) is 39.1 Å². The molecule has 0 aromatic rings. The van der Waals surface area contributed by atoms with Crippen LogP contribution in [0.15, 0.2) is 0 Å². The molecular formula is C14H29NO2. The Morgan fingerprint density at radius 1 is 1.41 bits per heavy atom. The fraction of sp³-hybridized carbons (Fsp3) is 1.00. The number of piperidine rings is 1. The predicted molar refractivity (Wildman–Crippen MR) is 71.2 cm³/mol. The van der Waals surface area contributed by atoms with Crippen LogP contribution in [0.4, 0.5) is 0 Å². The zero-order valence-electron chi connectivity index (χ0n) is 11.7. The summed E-state index contributed by atoms with van der Waals surface area (Å²) in [6.07, 6.45) is 5.05. The van der Waals surface area contributed by atoms with Crippen LogP contribution in [0, 0.1) is 5.41 Å². The van der Waals surface area contributed by atoms with Gasteiger partial charge in [-0.1, -0.05) is 20.3 Å². The lowest BCUT2D eigenvalue weighted by Crippen LogP contribution is -2.45. The first-order chi connectivity index (χ1) is 8.13. The van der Waals surface area contributed by atoms with Gasteiger partial charge in [0.1, 0.15) is 0 Å². The Kier molecular flexibility index (Phi) is 6.45. The third-order valence-electron chi connectivity index (χ3n) is 3.71. The Hall–Kier alpha value is -0.120. The Morgan fingerprint density at radius 2 is 2.18 bits per heavy atom. The van der Waals surface area contributed by atoms with Gasteiger partial charge in [-0.3, -0.25) is 0 Å². The number of ether oxygens (including phenoxy) is 1. The lowest BCUT2D eigenvalue weighted by atomic mass is 9.85. The molecule has 3 nitrogen and oxygen atoms in total. The zero-order valence-corrected chi connectivity index (χ0v) is 11.7. The molecule has 1 fully saturated rings. The summed E-state index contributed by atoms with van der Waals surface area (Å²) in [4.78, 5) is 2.47. The van der Waals surface area contributed by atoms with E-state index in [-0.39, 0.29) is 12.0 Å². The molecule has 1 N–H and O–H groups in total. The van der Waals surface area contributed by atoms with Crippen molar-refractivity contribution in [2.75, 3.05) is 32.8 Å². The molecule has 1 aliphatic rings. The van der Waals surface area contributed by atoms with Crippen LogP contribution in [0.25, 0.3) is 0 Å². The number of hydrogen-bond donors (Lipinski definition) is 1. The molecule has 1 heterocycles. The molecule has 0 aromatic carbocycles. The Bertz CT molecular complexity index is 208. The highest BCUT2D eigenvalue weighted by atomic mass is 16.5. The first-order valence-electron chi connectivity index (χ1n) is 7.08. The number of rotatable bonds is 7. The minimum absolute atomic E-state index is 0.0584. The smallest absolute Gasteiger partial charge is 0.0702 e. The molecule has 0 aliphatic carbocycles. The highest BCUT2D eigenvalue weighted by Crippen LogP contribution is 2.26. The predicted octanol–water partition coefficient (Wildman–Crippen LogP) is 2.29. The molecule has 17 heavy (non-hydrogen) atoms. The van der Waals surface area contributed by atoms with Crippen LogP contribution in [0.3, 0.4) is 0 Å². The minimum atomic E-state index is 0.0584. The monoisotopic (exact) mass is 243 g/mol. The van der Waals surface area contributed by atoms with Crippen LogP contribution >= 0.6 is 0 Å². The standard InChI is InChI=1S/C14H29NO2/c1-4-8-14(3,12-16)11-15-9-6-7-13(10-15)17-5-2/h13,16H,4-12H2,1-3H3. The molecule has 2 atom stereocenters. The zero-order chi connectivity index (χ0) is 12.7. The highest BCUT2D eigenvalue weighted by molar-refractivity contribution is 4.81. The Labute approximate surface area is 106 Å². The summed E-state index contributed by atoms with van der Waals surface area (Å²) in [5.41, 5.74) is 0.0584. The summed E-state index contributed by atoms with van der Waals surface area (Å²) in [6.45, 7) is 10.7. The van der Waals surface area contributed by atoms with E-state index in [1.54, 1.807) is 0 Å². The number of nitrogens with zero attached hydrogens (tertiary/aromatic N) is 1. The second-order valence-corrected chi connectivity index (χ2v) is 5.67. The summed E-state index contributed by atoms with van der Waals surface area (Å²) >= 11 is 0. The van der Waals surface area contributed by atoms with Gasteiger partial charge in [0.2, 0.25) is 0 Å². The molecule has 0 bridgehead atoms. The van der Waals surface area contributed by atoms with E-state index in [1.807, 2.05) is 0 Å². The second kappa shape index (κ2) is 7.34. The van der Waals surface area contributed by atoms with Crippen LogP contribution in [-0.2, 0) is 4.74 Å². The lowest BCUT2D eigenvalue weighted by molar-refractivity contribution is -0.0135. The molecule has 3 heteroatoms. The molecule has 0 spiro atoms. The molecule has 102 valence electrons. The third kappa shape index (κ3) is 4.94. The van der Waals surface area contributed by atoms with Gasteiger partial charge in [-0.05, 0) is 32.7 Å². The fourth-order valence-corrected chi connectivity index (χ4v) is 2.88. The van der Waals surface area contributed by atoms with Gasteiger partial charge in [-0.2, -0.15) is 0 Å². The maximum absolute atomic E-state index is 9.56. The van der Waals surface area contributed by atoms with Gasteiger partial charge in [0.25, 0.3) is 0 Å². The molecule has 1 aliphatic heterocycles. The van der Waals surface area contributed by atoms with E-state index in [0.29, 0.717) is 6.10 Å². The Balaban J connectivity index is 2.43. The van der Waals surface area contributed by atoms with Gasteiger partial charge in [0.15, 0.2) is 0 Å². The molecule has 0 amide bonds. The van der Waals surface area contributed by atoms with Gasteiger partial charge in [0, 0.05) is 31.7 Å². The van der Waals surface area contributed by atoms with Crippen LogP contribution in [0.5, 0.6) is 0 Å². The van der Waals surface area contributed by atoms with Gasteiger partial charge >= 0.3 is 0 Å². The summed E-state index contributed by atoms with van der Waals surface area (Å²) in [6, 6.07) is 0. The van der Waals surface area contributed by atoms with Gasteiger partial charge in [-0.25, -0.2) is 0 Å². The molecule has 0 radical (unpaired) electrons. The summed E-state index contributed by atoms with van der Waals surface area (Å²) in [7, 11) is 0. The van der Waals surface area contributed by atoms with E-state index in [2.05, 4.69) is 25.7 Å². The van der Waals surface area contributed by atoms with Gasteiger partial charge < -0.3 is 14.7 Å². The first-order valence-corrected chi connectivity index (χ1v) is 7.08. The highest BCUT2D eigenvalue weighted by Gasteiger charge is 2.28. The van der Waals surface area contributed by atoms with Gasteiger partial charge in [0.05, 0.1) is 6.10 Å². The van der Waals surface area contributed by atoms with Crippen molar-refractivity contribution >= 4 is 0 Å². The summed E-state index contributed by atoms with van der Waals surface area (Å²) in [5, 5.41) is 9.56. The molecule has 2 unspecified atom stereocenters. The van der Waals surface area contributed by atoms with E-state index in [1.165, 1.54) is 12.8 Å². The maximum atomic E-state index is 9.56. The van der Waals surface area contributed by atoms with Crippen molar-refractivity contribution in [1.29, 1.82) is 0 Å². The molecule has 1 saturated heterocycles. The van der Waals surface area contributed by atoms with Crippen LogP contribution in [0.1, 0.15) is 46.5 Å². The van der Waals surface area contributed by atoms with Crippen molar-refractivity contribution in [2.45, 2.75) is 52.6 Å². The normalized spacial score (nSPS) is 25.8. The average Bonchev–Trinajstić information content (AvgIpc) is 2.30. The van der Waals surface area contributed by atoms with Crippen LogP contribution < -0.4 is 0 Å². The molecular weight excluding hydrogens is 214 g/mol. The number of aliphatic hydroxyl groups excluding tert-OH is 1. The largest absolute Gasteiger partial charge is 0.396 e. The summed E-state index contributed by atoms with van der Waals surface area (Å²) < 4.78 is 5.72. The SMILES string of the molecule is CCCC(C)(CO)CN1CCCC(OCC)C1. The van der Waals surface area contributed by atoms with E-state index in [9.17, 15) is 5.11 Å². The molecule has 0 aromatic heterocycles. The average molecular weight is 243 g/mol. The van der Waals surface area contributed by atoms with Crippen molar-refractivity contribution in [3.63, 3.8) is 0 Å². The van der Waals surface area contributed by atoms with Crippen LogP contribution in [0.2, 0.25) is 0 Å². The van der Waals surface area contributed by atoms with Crippen molar-refractivity contribution in [3.05, 3.63) is 0 Å². The van der Waals surface area contributed by atoms with E-state index >= 15 is 0 Å². The van der Waals surface area contributed by atoms with Crippen LogP contribution in [-0.4, -0.2) is 49.0 Å². The summed E-state index contributed by atoms with van der Waals surface area (Å²) in [5.74, 6) is 0. The number of likely N-dealkylation sites (tertiary alicyclic amines) is 1. The van der Waals surface area contributed by atoms with E-state index in [4.69, 9.17) is 4.74 Å².